The van der Waals surface area contributed by atoms with E-state index in [0.29, 0.717) is 19.3 Å². The topological polar surface area (TPSA) is 78.9 Å². The Morgan fingerprint density at radius 2 is 0.710 bits per heavy atom. The highest BCUT2D eigenvalue weighted by Gasteiger charge is 2.19. The molecule has 0 rings (SSSR count). The van der Waals surface area contributed by atoms with Crippen molar-refractivity contribution in [3.05, 3.63) is 109 Å². The lowest BCUT2D eigenvalue weighted by Crippen LogP contribution is -2.30. The standard InChI is InChI=1S/C56H90O6/c1-4-7-10-13-16-19-22-25-27-28-30-31-34-37-40-43-46-49-55(58)61-52-53(51-60-54(57)48-45-42-39-36-33-24-21-18-15-12-9-6-3)62-56(59)50-47-44-41-38-35-32-29-26-23-20-17-14-11-8-5-2/h7,9-10,12-13,16,18-23,25,27-28,30-31,34,53H,4-6,8,11,14-15,17,24,26,29,32-33,35-52H2,1-3H3/b10-7-,12-9-,16-13-,21-18-,22-19-,23-20-,27-25-,30-28+,34-31-. The van der Waals surface area contributed by atoms with Gasteiger partial charge in [0.25, 0.3) is 0 Å². The lowest BCUT2D eigenvalue weighted by atomic mass is 10.1. The molecule has 0 heterocycles. The molecule has 0 aliphatic heterocycles. The van der Waals surface area contributed by atoms with Gasteiger partial charge in [-0.25, -0.2) is 0 Å². The molecular formula is C56H90O6. The van der Waals surface area contributed by atoms with Crippen LogP contribution in [0.25, 0.3) is 0 Å². The molecule has 62 heavy (non-hydrogen) atoms. The van der Waals surface area contributed by atoms with E-state index < -0.39 is 6.10 Å². The molecule has 0 aliphatic carbocycles. The first-order chi connectivity index (χ1) is 30.5. The van der Waals surface area contributed by atoms with Crippen LogP contribution in [0.3, 0.4) is 0 Å². The lowest BCUT2D eigenvalue weighted by Gasteiger charge is -2.18. The van der Waals surface area contributed by atoms with E-state index in [4.69, 9.17) is 14.2 Å². The van der Waals surface area contributed by atoms with Crippen LogP contribution in [-0.2, 0) is 28.6 Å². The number of rotatable bonds is 43. The van der Waals surface area contributed by atoms with Crippen LogP contribution in [0.4, 0.5) is 0 Å². The van der Waals surface area contributed by atoms with Gasteiger partial charge in [-0.2, -0.15) is 0 Å². The van der Waals surface area contributed by atoms with E-state index in [1.165, 1.54) is 64.2 Å². The quantitative estimate of drug-likeness (QED) is 0.0200. The first-order valence-electron chi connectivity index (χ1n) is 25.0. The summed E-state index contributed by atoms with van der Waals surface area (Å²) >= 11 is 0. The zero-order chi connectivity index (χ0) is 45.1. The highest BCUT2D eigenvalue weighted by molar-refractivity contribution is 5.71. The van der Waals surface area contributed by atoms with Crippen molar-refractivity contribution in [2.24, 2.45) is 0 Å². The van der Waals surface area contributed by atoms with E-state index in [2.05, 4.69) is 69.4 Å². The van der Waals surface area contributed by atoms with Crippen LogP contribution in [0.2, 0.25) is 0 Å². The van der Waals surface area contributed by atoms with Gasteiger partial charge in [0.2, 0.25) is 0 Å². The molecule has 0 N–H and O–H groups in total. The van der Waals surface area contributed by atoms with E-state index in [1.54, 1.807) is 0 Å². The van der Waals surface area contributed by atoms with Gasteiger partial charge in [0.05, 0.1) is 0 Å². The number of ether oxygens (including phenoxy) is 3. The molecule has 350 valence electrons. The van der Waals surface area contributed by atoms with Crippen LogP contribution < -0.4 is 0 Å². The third kappa shape index (κ3) is 47.1. The van der Waals surface area contributed by atoms with E-state index in [-0.39, 0.29) is 31.1 Å². The summed E-state index contributed by atoms with van der Waals surface area (Å²) in [5.41, 5.74) is 0. The summed E-state index contributed by atoms with van der Waals surface area (Å²) in [6, 6.07) is 0. The highest BCUT2D eigenvalue weighted by atomic mass is 16.6. The molecule has 0 spiro atoms. The van der Waals surface area contributed by atoms with Crippen molar-refractivity contribution in [3.63, 3.8) is 0 Å². The summed E-state index contributed by atoms with van der Waals surface area (Å²) in [6.07, 6.45) is 66.4. The van der Waals surface area contributed by atoms with Crippen molar-refractivity contribution in [1.82, 2.24) is 0 Å². The summed E-state index contributed by atoms with van der Waals surface area (Å²) in [7, 11) is 0. The maximum atomic E-state index is 12.8. The van der Waals surface area contributed by atoms with E-state index in [0.717, 1.165) is 103 Å². The second kappa shape index (κ2) is 49.7. The molecule has 0 aromatic rings. The van der Waals surface area contributed by atoms with Crippen molar-refractivity contribution in [2.45, 2.75) is 213 Å². The van der Waals surface area contributed by atoms with Crippen LogP contribution in [0.15, 0.2) is 109 Å². The molecule has 0 saturated heterocycles. The number of carbonyl (C=O) groups excluding carboxylic acids is 3. The molecule has 6 heteroatoms. The third-order valence-electron chi connectivity index (χ3n) is 10.2. The van der Waals surface area contributed by atoms with Crippen LogP contribution in [0.5, 0.6) is 0 Å². The molecular weight excluding hydrogens is 769 g/mol. The van der Waals surface area contributed by atoms with Gasteiger partial charge in [0, 0.05) is 19.3 Å². The molecule has 0 aliphatic rings. The van der Waals surface area contributed by atoms with Gasteiger partial charge in [0.1, 0.15) is 13.2 Å². The van der Waals surface area contributed by atoms with Crippen LogP contribution in [0.1, 0.15) is 207 Å². The molecule has 0 amide bonds. The minimum Gasteiger partial charge on any atom is -0.462 e. The van der Waals surface area contributed by atoms with Gasteiger partial charge < -0.3 is 14.2 Å². The summed E-state index contributed by atoms with van der Waals surface area (Å²) in [4.78, 5) is 37.9. The molecule has 0 bridgehead atoms. The van der Waals surface area contributed by atoms with Crippen molar-refractivity contribution >= 4 is 17.9 Å². The van der Waals surface area contributed by atoms with Gasteiger partial charge >= 0.3 is 17.9 Å². The van der Waals surface area contributed by atoms with E-state index >= 15 is 0 Å². The Hall–Kier alpha value is -3.93. The molecule has 0 fully saturated rings. The largest absolute Gasteiger partial charge is 0.462 e. The fraction of sp³-hybridized carbons (Fsp3) is 0.625. The highest BCUT2D eigenvalue weighted by Crippen LogP contribution is 2.13. The van der Waals surface area contributed by atoms with Crippen molar-refractivity contribution < 1.29 is 28.6 Å². The Bertz CT molecular complexity index is 1310. The van der Waals surface area contributed by atoms with Crippen molar-refractivity contribution in [2.75, 3.05) is 13.2 Å². The van der Waals surface area contributed by atoms with Crippen LogP contribution in [-0.4, -0.2) is 37.2 Å². The number of hydrogen-bond acceptors (Lipinski definition) is 6. The molecule has 0 aromatic heterocycles. The molecule has 0 saturated carbocycles. The van der Waals surface area contributed by atoms with Gasteiger partial charge in [0.15, 0.2) is 6.10 Å². The van der Waals surface area contributed by atoms with E-state index in [9.17, 15) is 14.4 Å². The predicted molar refractivity (Wildman–Crippen MR) is 265 cm³/mol. The number of carbonyl (C=O) groups is 3. The summed E-state index contributed by atoms with van der Waals surface area (Å²) < 4.78 is 16.7. The molecule has 0 aromatic carbocycles. The zero-order valence-electron chi connectivity index (χ0n) is 39.8. The molecule has 1 atom stereocenters. The summed E-state index contributed by atoms with van der Waals surface area (Å²) in [6.45, 7) is 6.30. The zero-order valence-corrected chi connectivity index (χ0v) is 39.8. The number of hydrogen-bond donors (Lipinski definition) is 0. The second-order valence-corrected chi connectivity index (χ2v) is 16.1. The van der Waals surface area contributed by atoms with Gasteiger partial charge in [-0.15, -0.1) is 0 Å². The monoisotopic (exact) mass is 859 g/mol. The lowest BCUT2D eigenvalue weighted by molar-refractivity contribution is -0.167. The maximum Gasteiger partial charge on any atom is 0.306 e. The van der Waals surface area contributed by atoms with Gasteiger partial charge in [-0.05, 0) is 89.9 Å². The molecule has 0 radical (unpaired) electrons. The molecule has 1 unspecified atom stereocenters. The first-order valence-corrected chi connectivity index (χ1v) is 25.0. The van der Waals surface area contributed by atoms with Gasteiger partial charge in [-0.3, -0.25) is 14.4 Å². The molecule has 6 nitrogen and oxygen atoms in total. The Balaban J connectivity index is 4.51. The Morgan fingerprint density at radius 3 is 1.19 bits per heavy atom. The fourth-order valence-electron chi connectivity index (χ4n) is 6.45. The SMILES string of the molecule is CC\C=C/C=C\C=C/C=C\C=C\C=C/CCCCCC(=O)OCC(COC(=O)CCCCCCC/C=C\C/C=C\CC)OC(=O)CCCCCCCCC/C=C\CCCCCC. The van der Waals surface area contributed by atoms with Gasteiger partial charge in [-0.1, -0.05) is 207 Å². The average Bonchev–Trinajstić information content (AvgIpc) is 3.27. The Kier molecular flexibility index (Phi) is 46.6. The van der Waals surface area contributed by atoms with E-state index in [1.807, 2.05) is 60.8 Å². The minimum absolute atomic E-state index is 0.104. The smallest absolute Gasteiger partial charge is 0.306 e. The van der Waals surface area contributed by atoms with Crippen molar-refractivity contribution in [3.8, 4) is 0 Å². The second-order valence-electron chi connectivity index (χ2n) is 16.1. The normalized spacial score (nSPS) is 13.0. The summed E-state index contributed by atoms with van der Waals surface area (Å²) in [5, 5.41) is 0. The number of unbranched alkanes of at least 4 members (excludes halogenated alkanes) is 19. The Morgan fingerprint density at radius 1 is 0.355 bits per heavy atom. The first kappa shape index (κ1) is 58.1. The van der Waals surface area contributed by atoms with Crippen molar-refractivity contribution in [1.29, 1.82) is 0 Å². The predicted octanol–water partition coefficient (Wildman–Crippen LogP) is 16.4. The summed E-state index contributed by atoms with van der Waals surface area (Å²) in [5.74, 6) is -0.974. The average molecular weight is 859 g/mol. The Labute approximate surface area is 380 Å². The maximum absolute atomic E-state index is 12.8. The fourth-order valence-corrected chi connectivity index (χ4v) is 6.45. The van der Waals surface area contributed by atoms with Crippen LogP contribution >= 0.6 is 0 Å². The number of allylic oxidation sites excluding steroid dienone is 18. The van der Waals surface area contributed by atoms with Crippen LogP contribution in [0, 0.1) is 0 Å². The minimum atomic E-state index is -0.805. The number of esters is 3. The third-order valence-corrected chi connectivity index (χ3v) is 10.2.